The van der Waals surface area contributed by atoms with Gasteiger partial charge < -0.3 is 0 Å². The van der Waals surface area contributed by atoms with Crippen LogP contribution in [0.1, 0.15) is 10.6 Å². The lowest BCUT2D eigenvalue weighted by atomic mass is 10.2. The molecule has 2 aromatic heterocycles. The Morgan fingerprint density at radius 3 is 2.50 bits per heavy atom. The molecule has 22 heavy (non-hydrogen) atoms. The molecular formula is C17H12FN3S. The van der Waals surface area contributed by atoms with E-state index in [-0.39, 0.29) is 5.82 Å². The van der Waals surface area contributed by atoms with Crippen molar-refractivity contribution in [3.05, 3.63) is 77.2 Å². The fourth-order valence-electron chi connectivity index (χ4n) is 2.34. The van der Waals surface area contributed by atoms with Crippen LogP contribution in [-0.4, -0.2) is 14.6 Å². The molecule has 0 atom stereocenters. The summed E-state index contributed by atoms with van der Waals surface area (Å²) >= 11 is 1.56. The molecule has 0 radical (unpaired) electrons. The van der Waals surface area contributed by atoms with Gasteiger partial charge in [0.25, 0.3) is 0 Å². The van der Waals surface area contributed by atoms with Crippen LogP contribution in [0.15, 0.2) is 60.8 Å². The van der Waals surface area contributed by atoms with Gasteiger partial charge in [-0.1, -0.05) is 53.8 Å². The van der Waals surface area contributed by atoms with E-state index in [4.69, 9.17) is 0 Å². The third kappa shape index (κ3) is 2.51. The molecule has 4 rings (SSSR count). The number of benzene rings is 2. The number of rotatable bonds is 3. The standard InChI is InChI=1S/C17H12FN3S/c18-14-8-6-12(7-9-14)10-16-20-21-11-15(19-17(21)22-16)13-4-2-1-3-5-13/h1-9,11H,10H2. The molecule has 0 spiro atoms. The molecule has 0 saturated heterocycles. The van der Waals surface area contributed by atoms with E-state index < -0.39 is 0 Å². The zero-order chi connectivity index (χ0) is 14.9. The van der Waals surface area contributed by atoms with Gasteiger partial charge in [-0.05, 0) is 17.7 Å². The molecule has 0 aliphatic carbocycles. The van der Waals surface area contributed by atoms with Crippen LogP contribution < -0.4 is 0 Å². The topological polar surface area (TPSA) is 30.2 Å². The number of aromatic nitrogens is 3. The third-order valence-electron chi connectivity index (χ3n) is 3.42. The lowest BCUT2D eigenvalue weighted by molar-refractivity contribution is 0.627. The summed E-state index contributed by atoms with van der Waals surface area (Å²) in [6.07, 6.45) is 2.63. The molecule has 0 aliphatic rings. The fourth-order valence-corrected chi connectivity index (χ4v) is 3.25. The minimum atomic E-state index is -0.217. The summed E-state index contributed by atoms with van der Waals surface area (Å²) in [6, 6.07) is 16.6. The van der Waals surface area contributed by atoms with Crippen LogP contribution in [0.5, 0.6) is 0 Å². The van der Waals surface area contributed by atoms with Crippen molar-refractivity contribution in [1.29, 1.82) is 0 Å². The van der Waals surface area contributed by atoms with Gasteiger partial charge in [0.2, 0.25) is 4.96 Å². The van der Waals surface area contributed by atoms with Crippen molar-refractivity contribution < 1.29 is 4.39 Å². The smallest absolute Gasteiger partial charge is 0.212 e. The highest BCUT2D eigenvalue weighted by Gasteiger charge is 2.10. The molecule has 0 fully saturated rings. The molecule has 2 heterocycles. The zero-order valence-electron chi connectivity index (χ0n) is 11.6. The maximum atomic E-state index is 12.9. The van der Waals surface area contributed by atoms with Crippen molar-refractivity contribution in [2.75, 3.05) is 0 Å². The summed E-state index contributed by atoms with van der Waals surface area (Å²) in [5, 5.41) is 5.52. The van der Waals surface area contributed by atoms with Gasteiger partial charge in [-0.3, -0.25) is 0 Å². The van der Waals surface area contributed by atoms with Crippen molar-refractivity contribution in [3.8, 4) is 11.3 Å². The number of nitrogens with zero attached hydrogens (tertiary/aromatic N) is 3. The van der Waals surface area contributed by atoms with Crippen LogP contribution in [0.3, 0.4) is 0 Å². The highest BCUT2D eigenvalue weighted by atomic mass is 32.1. The lowest BCUT2D eigenvalue weighted by Gasteiger charge is -1.96. The highest BCUT2D eigenvalue weighted by Crippen LogP contribution is 2.23. The Bertz CT molecular complexity index is 879. The molecule has 0 amide bonds. The van der Waals surface area contributed by atoms with Crippen molar-refractivity contribution >= 4 is 16.3 Å². The Kier molecular flexibility index (Phi) is 3.20. The number of halogens is 1. The summed E-state index contributed by atoms with van der Waals surface area (Å²) in [5.74, 6) is -0.217. The van der Waals surface area contributed by atoms with E-state index in [0.29, 0.717) is 6.42 Å². The first-order chi connectivity index (χ1) is 10.8. The Morgan fingerprint density at radius 1 is 1.00 bits per heavy atom. The minimum absolute atomic E-state index is 0.217. The Morgan fingerprint density at radius 2 is 1.77 bits per heavy atom. The molecule has 0 bridgehead atoms. The highest BCUT2D eigenvalue weighted by molar-refractivity contribution is 7.16. The summed E-state index contributed by atoms with van der Waals surface area (Å²) in [5.41, 5.74) is 3.05. The minimum Gasteiger partial charge on any atom is -0.217 e. The molecule has 0 aliphatic heterocycles. The summed E-state index contributed by atoms with van der Waals surface area (Å²) < 4.78 is 14.7. The van der Waals surface area contributed by atoms with Gasteiger partial charge >= 0.3 is 0 Å². The molecule has 3 nitrogen and oxygen atoms in total. The van der Waals surface area contributed by atoms with E-state index >= 15 is 0 Å². The molecule has 108 valence electrons. The van der Waals surface area contributed by atoms with Gasteiger partial charge in [-0.25, -0.2) is 13.9 Å². The molecular weight excluding hydrogens is 297 g/mol. The normalized spacial score (nSPS) is 11.1. The molecule has 0 N–H and O–H groups in total. The predicted octanol–water partition coefficient (Wildman–Crippen LogP) is 4.19. The number of imidazole rings is 1. The van der Waals surface area contributed by atoms with E-state index in [1.807, 2.05) is 41.0 Å². The summed E-state index contributed by atoms with van der Waals surface area (Å²) in [6.45, 7) is 0. The van der Waals surface area contributed by atoms with Gasteiger partial charge in [-0.15, -0.1) is 0 Å². The van der Waals surface area contributed by atoms with E-state index in [0.717, 1.165) is 26.8 Å². The summed E-state index contributed by atoms with van der Waals surface area (Å²) in [7, 11) is 0. The Hall–Kier alpha value is -2.53. The van der Waals surface area contributed by atoms with Crippen LogP contribution >= 0.6 is 11.3 Å². The quantitative estimate of drug-likeness (QED) is 0.568. The second-order valence-corrected chi connectivity index (χ2v) is 6.06. The SMILES string of the molecule is Fc1ccc(Cc2nn3cc(-c4ccccc4)nc3s2)cc1. The van der Waals surface area contributed by atoms with Crippen molar-refractivity contribution in [1.82, 2.24) is 14.6 Å². The number of fused-ring (bicyclic) bond motifs is 1. The molecule has 5 heteroatoms. The molecule has 2 aromatic carbocycles. The Balaban J connectivity index is 1.62. The number of hydrogen-bond donors (Lipinski definition) is 0. The fraction of sp³-hybridized carbons (Fsp3) is 0.0588. The zero-order valence-corrected chi connectivity index (χ0v) is 12.4. The van der Waals surface area contributed by atoms with E-state index in [1.54, 1.807) is 23.5 Å². The van der Waals surface area contributed by atoms with Crippen LogP contribution in [-0.2, 0) is 6.42 Å². The average molecular weight is 309 g/mol. The van der Waals surface area contributed by atoms with Crippen molar-refractivity contribution in [2.24, 2.45) is 0 Å². The van der Waals surface area contributed by atoms with Gasteiger partial charge in [-0.2, -0.15) is 5.10 Å². The first-order valence-corrected chi connectivity index (χ1v) is 7.74. The first kappa shape index (κ1) is 13.2. The van der Waals surface area contributed by atoms with E-state index in [1.165, 1.54) is 12.1 Å². The molecule has 0 saturated carbocycles. The third-order valence-corrected chi connectivity index (χ3v) is 4.35. The maximum absolute atomic E-state index is 12.9. The monoisotopic (exact) mass is 309 g/mol. The van der Waals surface area contributed by atoms with Crippen molar-refractivity contribution in [2.45, 2.75) is 6.42 Å². The van der Waals surface area contributed by atoms with E-state index in [2.05, 4.69) is 10.1 Å². The summed E-state index contributed by atoms with van der Waals surface area (Å²) in [4.78, 5) is 5.49. The molecule has 4 aromatic rings. The average Bonchev–Trinajstić information content (AvgIpc) is 3.09. The number of hydrogen-bond acceptors (Lipinski definition) is 3. The van der Waals surface area contributed by atoms with Gasteiger partial charge in [0.1, 0.15) is 10.8 Å². The van der Waals surface area contributed by atoms with Gasteiger partial charge in [0.15, 0.2) is 0 Å². The van der Waals surface area contributed by atoms with E-state index in [9.17, 15) is 4.39 Å². The predicted molar refractivity (Wildman–Crippen MR) is 85.5 cm³/mol. The largest absolute Gasteiger partial charge is 0.217 e. The van der Waals surface area contributed by atoms with Gasteiger partial charge in [0.05, 0.1) is 11.9 Å². The van der Waals surface area contributed by atoms with Crippen LogP contribution in [0, 0.1) is 5.82 Å². The Labute approximate surface area is 130 Å². The molecule has 0 unspecified atom stereocenters. The van der Waals surface area contributed by atoms with Crippen molar-refractivity contribution in [3.63, 3.8) is 0 Å². The van der Waals surface area contributed by atoms with Crippen LogP contribution in [0.2, 0.25) is 0 Å². The van der Waals surface area contributed by atoms with Crippen LogP contribution in [0.4, 0.5) is 4.39 Å². The van der Waals surface area contributed by atoms with Crippen LogP contribution in [0.25, 0.3) is 16.2 Å². The second-order valence-electron chi connectivity index (χ2n) is 5.02. The lowest BCUT2D eigenvalue weighted by Crippen LogP contribution is -1.89. The first-order valence-electron chi connectivity index (χ1n) is 6.93. The second kappa shape index (κ2) is 5.35. The van der Waals surface area contributed by atoms with Gasteiger partial charge in [0, 0.05) is 12.0 Å². The maximum Gasteiger partial charge on any atom is 0.212 e.